The van der Waals surface area contributed by atoms with Crippen LogP contribution in [0.25, 0.3) is 0 Å². The lowest BCUT2D eigenvalue weighted by Gasteiger charge is -2.33. The maximum Gasteiger partial charge on any atom is 0.275 e. The lowest BCUT2D eigenvalue weighted by molar-refractivity contribution is -0.118. The number of nitrogens with zero attached hydrogens (tertiary/aromatic N) is 4. The van der Waals surface area contributed by atoms with Gasteiger partial charge in [-0.25, -0.2) is 9.97 Å². The number of aromatic nitrogens is 2. The van der Waals surface area contributed by atoms with Crippen molar-refractivity contribution < 1.29 is 14.3 Å². The standard InChI is InChI=1S/C18H21N5O3/c1-13-3-4-16(26-2)14(9-13)21-18(25)15-10-20-17(11-19-15)23-7-5-22(12-24)6-8-23/h3-4,9-12H,5-8H2,1-2H3,(H,21,25). The van der Waals surface area contributed by atoms with Crippen molar-refractivity contribution in [1.29, 1.82) is 0 Å². The van der Waals surface area contributed by atoms with Crippen molar-refractivity contribution in [2.75, 3.05) is 43.5 Å². The molecule has 8 heteroatoms. The van der Waals surface area contributed by atoms with E-state index >= 15 is 0 Å². The third-order valence-corrected chi connectivity index (χ3v) is 4.26. The minimum Gasteiger partial charge on any atom is -0.495 e. The number of aryl methyl sites for hydroxylation is 1. The summed E-state index contributed by atoms with van der Waals surface area (Å²) in [5.41, 5.74) is 1.83. The Bertz CT molecular complexity index is 786. The van der Waals surface area contributed by atoms with E-state index in [9.17, 15) is 9.59 Å². The monoisotopic (exact) mass is 355 g/mol. The summed E-state index contributed by atoms with van der Waals surface area (Å²) in [5, 5.41) is 2.81. The number of benzene rings is 1. The molecule has 0 saturated carbocycles. The van der Waals surface area contributed by atoms with E-state index in [1.54, 1.807) is 24.3 Å². The van der Waals surface area contributed by atoms with Gasteiger partial charge in [-0.05, 0) is 24.6 Å². The zero-order chi connectivity index (χ0) is 18.5. The molecule has 1 aliphatic rings. The Hall–Kier alpha value is -3.16. The fraction of sp³-hybridized carbons (Fsp3) is 0.333. The molecule has 2 aromatic rings. The highest BCUT2D eigenvalue weighted by Gasteiger charge is 2.18. The third kappa shape index (κ3) is 3.90. The smallest absolute Gasteiger partial charge is 0.275 e. The van der Waals surface area contributed by atoms with Gasteiger partial charge in [0.15, 0.2) is 0 Å². The number of hydrogen-bond acceptors (Lipinski definition) is 6. The summed E-state index contributed by atoms with van der Waals surface area (Å²) >= 11 is 0. The minimum atomic E-state index is -0.348. The molecule has 0 aliphatic carbocycles. The Balaban J connectivity index is 1.68. The van der Waals surface area contributed by atoms with Gasteiger partial charge >= 0.3 is 0 Å². The maximum absolute atomic E-state index is 12.4. The van der Waals surface area contributed by atoms with Crippen molar-refractivity contribution in [2.24, 2.45) is 0 Å². The predicted molar refractivity (Wildman–Crippen MR) is 97.6 cm³/mol. The topological polar surface area (TPSA) is 87.7 Å². The van der Waals surface area contributed by atoms with Crippen molar-refractivity contribution in [2.45, 2.75) is 6.92 Å². The van der Waals surface area contributed by atoms with Gasteiger partial charge in [0.25, 0.3) is 5.91 Å². The molecule has 0 spiro atoms. The van der Waals surface area contributed by atoms with Crippen LogP contribution in [0.2, 0.25) is 0 Å². The average Bonchev–Trinajstić information content (AvgIpc) is 2.68. The van der Waals surface area contributed by atoms with Gasteiger partial charge in [0, 0.05) is 26.2 Å². The number of carbonyl (C=O) groups is 2. The van der Waals surface area contributed by atoms with Crippen LogP contribution >= 0.6 is 0 Å². The normalized spacial score (nSPS) is 14.1. The van der Waals surface area contributed by atoms with Gasteiger partial charge in [0.2, 0.25) is 6.41 Å². The summed E-state index contributed by atoms with van der Waals surface area (Å²) in [5.74, 6) is 0.931. The van der Waals surface area contributed by atoms with Crippen molar-refractivity contribution in [1.82, 2.24) is 14.9 Å². The number of nitrogens with one attached hydrogen (secondary N) is 1. The van der Waals surface area contributed by atoms with E-state index in [4.69, 9.17) is 4.74 Å². The molecule has 1 saturated heterocycles. The molecule has 136 valence electrons. The van der Waals surface area contributed by atoms with E-state index in [2.05, 4.69) is 15.3 Å². The molecule has 0 atom stereocenters. The summed E-state index contributed by atoms with van der Waals surface area (Å²) in [6.45, 7) is 4.63. The fourth-order valence-electron chi connectivity index (χ4n) is 2.76. The predicted octanol–water partition coefficient (Wildman–Crippen LogP) is 1.32. The fourth-order valence-corrected chi connectivity index (χ4v) is 2.76. The summed E-state index contributed by atoms with van der Waals surface area (Å²) in [7, 11) is 1.55. The highest BCUT2D eigenvalue weighted by molar-refractivity contribution is 6.03. The van der Waals surface area contributed by atoms with Crippen LogP contribution in [0, 0.1) is 6.92 Å². The SMILES string of the molecule is COc1ccc(C)cc1NC(=O)c1cnc(N2CCN(C=O)CC2)cn1. The van der Waals surface area contributed by atoms with E-state index < -0.39 is 0 Å². The summed E-state index contributed by atoms with van der Waals surface area (Å²) < 4.78 is 5.27. The largest absolute Gasteiger partial charge is 0.495 e. The van der Waals surface area contributed by atoms with Gasteiger partial charge in [-0.2, -0.15) is 0 Å². The van der Waals surface area contributed by atoms with Crippen molar-refractivity contribution in [3.8, 4) is 5.75 Å². The van der Waals surface area contributed by atoms with Gasteiger partial charge in [-0.1, -0.05) is 6.07 Å². The number of anilines is 2. The first-order valence-electron chi connectivity index (χ1n) is 8.33. The number of hydrogen-bond donors (Lipinski definition) is 1. The number of ether oxygens (including phenoxy) is 1. The molecule has 3 rings (SSSR count). The number of amides is 2. The van der Waals surface area contributed by atoms with Crippen molar-refractivity contribution >= 4 is 23.8 Å². The molecule has 8 nitrogen and oxygen atoms in total. The molecule has 2 amide bonds. The Morgan fingerprint density at radius 1 is 1.19 bits per heavy atom. The molecule has 0 radical (unpaired) electrons. The average molecular weight is 355 g/mol. The number of methoxy groups -OCH3 is 1. The Kier molecular flexibility index (Phi) is 5.31. The molecule has 1 aliphatic heterocycles. The first-order valence-corrected chi connectivity index (χ1v) is 8.33. The third-order valence-electron chi connectivity index (χ3n) is 4.26. The number of rotatable bonds is 5. The molecule has 2 heterocycles. The molecule has 0 bridgehead atoms. The summed E-state index contributed by atoms with van der Waals surface area (Å²) in [4.78, 5) is 35.5. The number of piperazine rings is 1. The van der Waals surface area contributed by atoms with Crippen molar-refractivity contribution in [3.63, 3.8) is 0 Å². The highest BCUT2D eigenvalue weighted by atomic mass is 16.5. The zero-order valence-corrected chi connectivity index (χ0v) is 14.8. The molecule has 0 unspecified atom stereocenters. The summed E-state index contributed by atoms with van der Waals surface area (Å²) in [6, 6.07) is 5.55. The van der Waals surface area contributed by atoms with Crippen LogP contribution in [-0.2, 0) is 4.79 Å². The van der Waals surface area contributed by atoms with Crippen LogP contribution in [0.3, 0.4) is 0 Å². The maximum atomic E-state index is 12.4. The lowest BCUT2D eigenvalue weighted by Crippen LogP contribution is -2.46. The van der Waals surface area contributed by atoms with Crippen LogP contribution in [0.5, 0.6) is 5.75 Å². The van der Waals surface area contributed by atoms with E-state index in [1.165, 1.54) is 6.20 Å². The Labute approximate surface area is 151 Å². The van der Waals surface area contributed by atoms with Gasteiger partial charge in [-0.3, -0.25) is 9.59 Å². The van der Waals surface area contributed by atoms with Gasteiger partial charge < -0.3 is 19.9 Å². The quantitative estimate of drug-likeness (QED) is 0.814. The minimum absolute atomic E-state index is 0.226. The summed E-state index contributed by atoms with van der Waals surface area (Å²) in [6.07, 6.45) is 3.90. The first-order chi connectivity index (χ1) is 12.6. The molecule has 1 fully saturated rings. The molecule has 1 aromatic carbocycles. The van der Waals surface area contributed by atoms with Gasteiger partial charge in [0.1, 0.15) is 17.3 Å². The van der Waals surface area contributed by atoms with Crippen LogP contribution in [-0.4, -0.2) is 60.5 Å². The molecular formula is C18H21N5O3. The van der Waals surface area contributed by atoms with Gasteiger partial charge in [-0.15, -0.1) is 0 Å². The Morgan fingerprint density at radius 3 is 2.58 bits per heavy atom. The molecule has 1 N–H and O–H groups in total. The second kappa shape index (κ2) is 7.81. The number of carbonyl (C=O) groups excluding carboxylic acids is 2. The zero-order valence-electron chi connectivity index (χ0n) is 14.8. The molecule has 26 heavy (non-hydrogen) atoms. The van der Waals surface area contributed by atoms with Crippen LogP contribution in [0.1, 0.15) is 16.1 Å². The second-order valence-electron chi connectivity index (χ2n) is 6.05. The van der Waals surface area contributed by atoms with E-state index in [0.29, 0.717) is 43.4 Å². The lowest BCUT2D eigenvalue weighted by atomic mass is 10.2. The van der Waals surface area contributed by atoms with E-state index in [1.807, 2.05) is 24.0 Å². The first kappa shape index (κ1) is 17.7. The van der Waals surface area contributed by atoms with Crippen LogP contribution < -0.4 is 15.0 Å². The van der Waals surface area contributed by atoms with Gasteiger partial charge in [0.05, 0.1) is 25.2 Å². The second-order valence-corrected chi connectivity index (χ2v) is 6.05. The van der Waals surface area contributed by atoms with Crippen LogP contribution in [0.15, 0.2) is 30.6 Å². The van der Waals surface area contributed by atoms with Crippen LogP contribution in [0.4, 0.5) is 11.5 Å². The van der Waals surface area contributed by atoms with Crippen molar-refractivity contribution in [3.05, 3.63) is 41.9 Å². The van der Waals surface area contributed by atoms with E-state index in [0.717, 1.165) is 12.0 Å². The highest BCUT2D eigenvalue weighted by Crippen LogP contribution is 2.25. The Morgan fingerprint density at radius 2 is 1.96 bits per heavy atom. The van der Waals surface area contributed by atoms with E-state index in [-0.39, 0.29) is 11.6 Å². The molecule has 1 aromatic heterocycles. The molecular weight excluding hydrogens is 334 g/mol.